The molecule has 0 bridgehead atoms. The normalized spacial score (nSPS) is 16.4. The lowest BCUT2D eigenvalue weighted by atomic mass is 10.0. The Bertz CT molecular complexity index is 741. The molecular formula is C22H29N3O. The summed E-state index contributed by atoms with van der Waals surface area (Å²) in [6, 6.07) is 14.6. The van der Waals surface area contributed by atoms with Crippen molar-refractivity contribution in [2.24, 2.45) is 0 Å². The Kier molecular flexibility index (Phi) is 5.62. The summed E-state index contributed by atoms with van der Waals surface area (Å²) in [5.74, 6) is 0.0771. The molecule has 2 aromatic carbocycles. The molecule has 26 heavy (non-hydrogen) atoms. The second-order valence-corrected chi connectivity index (χ2v) is 7.30. The summed E-state index contributed by atoms with van der Waals surface area (Å²) in [7, 11) is 0. The molecule has 4 nitrogen and oxygen atoms in total. The SMILES string of the molecule is Cc1cc(C)c(NC(=O)C(C)N2CCN(c3ccccc3)CC2)c(C)c1. The summed E-state index contributed by atoms with van der Waals surface area (Å²) in [5, 5.41) is 3.15. The van der Waals surface area contributed by atoms with Crippen molar-refractivity contribution in [1.82, 2.24) is 4.90 Å². The van der Waals surface area contributed by atoms with E-state index in [1.54, 1.807) is 0 Å². The van der Waals surface area contributed by atoms with E-state index < -0.39 is 0 Å². The van der Waals surface area contributed by atoms with Gasteiger partial charge < -0.3 is 10.2 Å². The van der Waals surface area contributed by atoms with Gasteiger partial charge in [0.2, 0.25) is 5.91 Å². The van der Waals surface area contributed by atoms with Gasteiger partial charge in [-0.1, -0.05) is 35.9 Å². The van der Waals surface area contributed by atoms with Crippen LogP contribution in [0.5, 0.6) is 0 Å². The lowest BCUT2D eigenvalue weighted by Gasteiger charge is -2.38. The number of nitrogens with one attached hydrogen (secondary N) is 1. The predicted octanol–water partition coefficient (Wildman–Crippen LogP) is 3.76. The van der Waals surface area contributed by atoms with Crippen LogP contribution in [0, 0.1) is 20.8 Å². The van der Waals surface area contributed by atoms with Crippen LogP contribution in [0.3, 0.4) is 0 Å². The van der Waals surface area contributed by atoms with Crippen LogP contribution in [0.25, 0.3) is 0 Å². The second-order valence-electron chi connectivity index (χ2n) is 7.30. The van der Waals surface area contributed by atoms with Gasteiger partial charge in [0.05, 0.1) is 6.04 Å². The topological polar surface area (TPSA) is 35.6 Å². The first-order chi connectivity index (χ1) is 12.5. The Morgan fingerprint density at radius 1 is 0.962 bits per heavy atom. The van der Waals surface area contributed by atoms with E-state index in [0.717, 1.165) is 43.0 Å². The molecular weight excluding hydrogens is 322 g/mol. The van der Waals surface area contributed by atoms with Gasteiger partial charge in [-0.15, -0.1) is 0 Å². The molecule has 0 saturated carbocycles. The monoisotopic (exact) mass is 351 g/mol. The van der Waals surface area contributed by atoms with Crippen molar-refractivity contribution in [3.8, 4) is 0 Å². The fourth-order valence-electron chi connectivity index (χ4n) is 3.78. The molecule has 2 aromatic rings. The van der Waals surface area contributed by atoms with Crippen LogP contribution >= 0.6 is 0 Å². The number of hydrogen-bond donors (Lipinski definition) is 1. The van der Waals surface area contributed by atoms with Gasteiger partial charge in [0.25, 0.3) is 0 Å². The second kappa shape index (κ2) is 7.92. The van der Waals surface area contributed by atoms with E-state index in [-0.39, 0.29) is 11.9 Å². The zero-order valence-corrected chi connectivity index (χ0v) is 16.2. The van der Waals surface area contributed by atoms with E-state index in [4.69, 9.17) is 0 Å². The van der Waals surface area contributed by atoms with E-state index in [0.29, 0.717) is 0 Å². The van der Waals surface area contributed by atoms with Crippen LogP contribution in [-0.4, -0.2) is 43.0 Å². The Balaban J connectivity index is 1.60. The summed E-state index contributed by atoms with van der Waals surface area (Å²) in [4.78, 5) is 17.4. The average Bonchev–Trinajstić information content (AvgIpc) is 2.64. The fraction of sp³-hybridized carbons (Fsp3) is 0.409. The van der Waals surface area contributed by atoms with E-state index in [1.165, 1.54) is 11.3 Å². The third kappa shape index (κ3) is 4.07. The maximum Gasteiger partial charge on any atom is 0.241 e. The number of aryl methyl sites for hydroxylation is 3. The summed E-state index contributed by atoms with van der Waals surface area (Å²) < 4.78 is 0. The van der Waals surface area contributed by atoms with Crippen LogP contribution in [0.15, 0.2) is 42.5 Å². The Labute approximate surface area is 156 Å². The van der Waals surface area contributed by atoms with Crippen molar-refractivity contribution >= 4 is 17.3 Å². The molecule has 0 radical (unpaired) electrons. The summed E-state index contributed by atoms with van der Waals surface area (Å²) in [5.41, 5.74) is 5.68. The third-order valence-corrected chi connectivity index (χ3v) is 5.29. The molecule has 1 aliphatic rings. The molecule has 3 rings (SSSR count). The molecule has 1 fully saturated rings. The molecule has 0 aromatic heterocycles. The predicted molar refractivity (Wildman–Crippen MR) is 109 cm³/mol. The van der Waals surface area contributed by atoms with E-state index in [2.05, 4.69) is 72.3 Å². The van der Waals surface area contributed by atoms with E-state index in [1.807, 2.05) is 13.0 Å². The van der Waals surface area contributed by atoms with Gasteiger partial charge in [0.1, 0.15) is 0 Å². The van der Waals surface area contributed by atoms with E-state index >= 15 is 0 Å². The zero-order chi connectivity index (χ0) is 18.7. The molecule has 1 unspecified atom stereocenters. The average molecular weight is 351 g/mol. The van der Waals surface area contributed by atoms with Gasteiger partial charge in [0, 0.05) is 37.6 Å². The first-order valence-corrected chi connectivity index (χ1v) is 9.38. The molecule has 1 saturated heterocycles. The molecule has 1 aliphatic heterocycles. The number of benzene rings is 2. The Morgan fingerprint density at radius 3 is 2.12 bits per heavy atom. The van der Waals surface area contributed by atoms with Gasteiger partial charge in [-0.3, -0.25) is 9.69 Å². The van der Waals surface area contributed by atoms with Crippen molar-refractivity contribution < 1.29 is 4.79 Å². The summed E-state index contributed by atoms with van der Waals surface area (Å²) in [6.45, 7) is 11.9. The number of hydrogen-bond acceptors (Lipinski definition) is 3. The highest BCUT2D eigenvalue weighted by Crippen LogP contribution is 2.23. The number of piperazine rings is 1. The van der Waals surface area contributed by atoms with Gasteiger partial charge in [0.15, 0.2) is 0 Å². The molecule has 1 atom stereocenters. The van der Waals surface area contributed by atoms with Crippen LogP contribution in [-0.2, 0) is 4.79 Å². The minimum Gasteiger partial charge on any atom is -0.369 e. The molecule has 0 spiro atoms. The molecule has 138 valence electrons. The lowest BCUT2D eigenvalue weighted by Crippen LogP contribution is -2.52. The highest BCUT2D eigenvalue weighted by atomic mass is 16.2. The molecule has 4 heteroatoms. The van der Waals surface area contributed by atoms with Gasteiger partial charge in [-0.05, 0) is 51.0 Å². The first kappa shape index (κ1) is 18.5. The Hall–Kier alpha value is -2.33. The maximum absolute atomic E-state index is 12.8. The largest absolute Gasteiger partial charge is 0.369 e. The van der Waals surface area contributed by atoms with Crippen LogP contribution in [0.4, 0.5) is 11.4 Å². The quantitative estimate of drug-likeness (QED) is 0.911. The number of anilines is 2. The van der Waals surface area contributed by atoms with Crippen molar-refractivity contribution in [3.05, 3.63) is 59.2 Å². The summed E-state index contributed by atoms with van der Waals surface area (Å²) in [6.07, 6.45) is 0. The number of para-hydroxylation sites is 1. The summed E-state index contributed by atoms with van der Waals surface area (Å²) >= 11 is 0. The standard InChI is InChI=1S/C22H29N3O/c1-16-14-17(2)21(18(3)15-16)23-22(26)19(4)24-10-12-25(13-11-24)20-8-6-5-7-9-20/h5-9,14-15,19H,10-13H2,1-4H3,(H,23,26). The van der Waals surface area contributed by atoms with Crippen LogP contribution < -0.4 is 10.2 Å². The molecule has 1 amide bonds. The van der Waals surface area contributed by atoms with Crippen molar-refractivity contribution in [2.75, 3.05) is 36.4 Å². The van der Waals surface area contributed by atoms with Crippen LogP contribution in [0.1, 0.15) is 23.6 Å². The number of amides is 1. The first-order valence-electron chi connectivity index (χ1n) is 9.38. The number of nitrogens with zero attached hydrogens (tertiary/aromatic N) is 2. The van der Waals surface area contributed by atoms with Gasteiger partial charge in [-0.2, -0.15) is 0 Å². The third-order valence-electron chi connectivity index (χ3n) is 5.29. The molecule has 0 aliphatic carbocycles. The van der Waals surface area contributed by atoms with E-state index in [9.17, 15) is 4.79 Å². The highest BCUT2D eigenvalue weighted by molar-refractivity contribution is 5.96. The Morgan fingerprint density at radius 2 is 1.54 bits per heavy atom. The minimum absolute atomic E-state index is 0.0771. The smallest absolute Gasteiger partial charge is 0.241 e. The van der Waals surface area contributed by atoms with Crippen LogP contribution in [0.2, 0.25) is 0 Å². The number of carbonyl (C=O) groups is 1. The van der Waals surface area contributed by atoms with Gasteiger partial charge >= 0.3 is 0 Å². The minimum atomic E-state index is -0.131. The van der Waals surface area contributed by atoms with Gasteiger partial charge in [-0.25, -0.2) is 0 Å². The number of carbonyl (C=O) groups excluding carboxylic acids is 1. The zero-order valence-electron chi connectivity index (χ0n) is 16.2. The fourth-order valence-corrected chi connectivity index (χ4v) is 3.78. The van der Waals surface area contributed by atoms with Crippen molar-refractivity contribution in [3.63, 3.8) is 0 Å². The highest BCUT2D eigenvalue weighted by Gasteiger charge is 2.26. The molecule has 1 N–H and O–H groups in total. The number of rotatable bonds is 4. The lowest BCUT2D eigenvalue weighted by molar-refractivity contribution is -0.120. The molecule has 1 heterocycles. The van der Waals surface area contributed by atoms with Crippen molar-refractivity contribution in [1.29, 1.82) is 0 Å². The maximum atomic E-state index is 12.8. The van der Waals surface area contributed by atoms with Crippen molar-refractivity contribution in [2.45, 2.75) is 33.7 Å².